The van der Waals surface area contributed by atoms with Gasteiger partial charge in [-0.3, -0.25) is 9.71 Å². The number of benzene rings is 1. The number of carboxylic acid groups (broad SMARTS) is 1. The van der Waals surface area contributed by atoms with Crippen molar-refractivity contribution in [2.45, 2.75) is 5.03 Å². The van der Waals surface area contributed by atoms with Gasteiger partial charge in [0.1, 0.15) is 5.75 Å². The summed E-state index contributed by atoms with van der Waals surface area (Å²) in [4.78, 5) is 19.0. The van der Waals surface area contributed by atoms with Gasteiger partial charge in [0.15, 0.2) is 10.0 Å². The highest BCUT2D eigenvalue weighted by atomic mass is 32.2. The second kappa shape index (κ2) is 8.08. The summed E-state index contributed by atoms with van der Waals surface area (Å²) in [7, 11) is -2.69. The average molecular weight is 415 g/mol. The molecule has 28 heavy (non-hydrogen) atoms. The second-order valence-corrected chi connectivity index (χ2v) is 7.80. The molecule has 0 aliphatic carbocycles. The molecule has 0 radical (unpaired) electrons. The van der Waals surface area contributed by atoms with E-state index in [4.69, 9.17) is 9.84 Å². The first-order chi connectivity index (χ1) is 13.4. The molecule has 0 fully saturated rings. The fraction of sp³-hybridized carbons (Fsp3) is 0.0556. The van der Waals surface area contributed by atoms with Gasteiger partial charge in [-0.05, 0) is 36.3 Å². The van der Waals surface area contributed by atoms with E-state index in [9.17, 15) is 13.2 Å². The number of aromatic nitrogens is 2. The molecule has 142 valence electrons. The zero-order valence-electron chi connectivity index (χ0n) is 14.4. The molecule has 3 rings (SSSR count). The molecule has 2 aromatic heterocycles. The van der Waals surface area contributed by atoms with Gasteiger partial charge in [0.2, 0.25) is 0 Å². The Morgan fingerprint density at radius 1 is 1.29 bits per heavy atom. The molecule has 0 unspecified atom stereocenters. The predicted octanol–water partition coefficient (Wildman–Crippen LogP) is 2.45. The number of hydrogen-bond donors (Lipinski definition) is 2. The highest BCUT2D eigenvalue weighted by Gasteiger charge is 2.20. The number of carboxylic acids is 1. The molecule has 0 saturated carbocycles. The van der Waals surface area contributed by atoms with Gasteiger partial charge in [0, 0.05) is 23.3 Å². The van der Waals surface area contributed by atoms with Crippen molar-refractivity contribution in [3.05, 3.63) is 64.2 Å². The maximum Gasteiger partial charge on any atom is 0.335 e. The fourth-order valence-electron chi connectivity index (χ4n) is 2.11. The number of ether oxygens (including phenoxy) is 1. The molecule has 2 N–H and O–H groups in total. The van der Waals surface area contributed by atoms with Crippen LogP contribution in [-0.2, 0) is 10.0 Å². The summed E-state index contributed by atoms with van der Waals surface area (Å²) in [6, 6.07) is 7.34. The van der Waals surface area contributed by atoms with Crippen molar-refractivity contribution in [1.82, 2.24) is 9.97 Å². The van der Waals surface area contributed by atoms with Crippen LogP contribution in [0.3, 0.4) is 0 Å². The van der Waals surface area contributed by atoms with Gasteiger partial charge in [-0.1, -0.05) is 5.92 Å². The van der Waals surface area contributed by atoms with Crippen LogP contribution in [0.25, 0.3) is 0 Å². The van der Waals surface area contributed by atoms with E-state index in [0.29, 0.717) is 10.6 Å². The largest absolute Gasteiger partial charge is 0.495 e. The third-order valence-electron chi connectivity index (χ3n) is 3.43. The van der Waals surface area contributed by atoms with Gasteiger partial charge in [0.05, 0.1) is 18.4 Å². The molecule has 8 nitrogen and oxygen atoms in total. The molecule has 0 atom stereocenters. The number of hydrogen-bond acceptors (Lipinski definition) is 7. The summed E-state index contributed by atoms with van der Waals surface area (Å²) in [6.45, 7) is 0. The zero-order valence-corrected chi connectivity index (χ0v) is 16.0. The molecule has 1 aromatic carbocycles. The van der Waals surface area contributed by atoms with E-state index in [1.807, 2.05) is 0 Å². The smallest absolute Gasteiger partial charge is 0.335 e. The van der Waals surface area contributed by atoms with Gasteiger partial charge >= 0.3 is 5.97 Å². The van der Waals surface area contributed by atoms with Crippen molar-refractivity contribution in [1.29, 1.82) is 0 Å². The summed E-state index contributed by atoms with van der Waals surface area (Å²) in [5.74, 6) is 4.58. The molecule has 0 bridgehead atoms. The number of sulfonamides is 1. The highest BCUT2D eigenvalue weighted by Crippen LogP contribution is 2.28. The summed E-state index contributed by atoms with van der Waals surface area (Å²) in [5.41, 5.74) is 0.758. The lowest BCUT2D eigenvalue weighted by atomic mass is 10.2. The highest BCUT2D eigenvalue weighted by molar-refractivity contribution is 7.92. The van der Waals surface area contributed by atoms with E-state index in [1.54, 1.807) is 24.5 Å². The maximum absolute atomic E-state index is 12.6. The third-order valence-corrected chi connectivity index (χ3v) is 5.58. The predicted molar refractivity (Wildman–Crippen MR) is 103 cm³/mol. The van der Waals surface area contributed by atoms with Gasteiger partial charge in [0.25, 0.3) is 10.0 Å². The average Bonchev–Trinajstić information content (AvgIpc) is 3.17. The van der Waals surface area contributed by atoms with E-state index < -0.39 is 16.0 Å². The number of nitrogens with zero attached hydrogens (tertiary/aromatic N) is 2. The Kier molecular flexibility index (Phi) is 5.58. The van der Waals surface area contributed by atoms with Crippen molar-refractivity contribution in [3.8, 4) is 17.6 Å². The lowest BCUT2D eigenvalue weighted by Gasteiger charge is -2.11. The van der Waals surface area contributed by atoms with Crippen molar-refractivity contribution in [3.63, 3.8) is 0 Å². The van der Waals surface area contributed by atoms with Crippen LogP contribution >= 0.6 is 11.3 Å². The summed E-state index contributed by atoms with van der Waals surface area (Å²) in [6.07, 6.45) is 3.22. The topological polar surface area (TPSA) is 118 Å². The van der Waals surface area contributed by atoms with Gasteiger partial charge in [-0.25, -0.2) is 9.78 Å². The minimum atomic E-state index is -4.00. The summed E-state index contributed by atoms with van der Waals surface area (Å²) in [5, 5.41) is 10.5. The second-order valence-electron chi connectivity index (χ2n) is 5.31. The number of carbonyl (C=O) groups is 1. The van der Waals surface area contributed by atoms with Crippen LogP contribution in [0, 0.1) is 11.8 Å². The third kappa shape index (κ3) is 4.46. The van der Waals surface area contributed by atoms with Gasteiger partial charge < -0.3 is 9.84 Å². The summed E-state index contributed by atoms with van der Waals surface area (Å²) < 4.78 is 32.6. The van der Waals surface area contributed by atoms with Crippen LogP contribution in [0.15, 0.2) is 53.1 Å². The minimum Gasteiger partial charge on any atom is -0.495 e. The van der Waals surface area contributed by atoms with E-state index in [0.717, 1.165) is 11.3 Å². The Labute approximate surface area is 164 Å². The molecular formula is C18H13N3O5S2. The van der Waals surface area contributed by atoms with E-state index in [-0.39, 0.29) is 22.0 Å². The quantitative estimate of drug-likeness (QED) is 0.615. The first-order valence-corrected chi connectivity index (χ1v) is 10.1. The molecule has 3 aromatic rings. The van der Waals surface area contributed by atoms with Crippen LogP contribution in [0.5, 0.6) is 5.75 Å². The first-order valence-electron chi connectivity index (χ1n) is 7.71. The van der Waals surface area contributed by atoms with Crippen LogP contribution in [0.4, 0.5) is 5.69 Å². The van der Waals surface area contributed by atoms with Crippen LogP contribution < -0.4 is 9.46 Å². The monoisotopic (exact) mass is 415 g/mol. The molecule has 0 spiro atoms. The number of methoxy groups -OCH3 is 1. The van der Waals surface area contributed by atoms with Crippen LogP contribution in [-0.4, -0.2) is 36.6 Å². The minimum absolute atomic E-state index is 0.0265. The number of aromatic carboxylic acids is 1. The van der Waals surface area contributed by atoms with Crippen molar-refractivity contribution in [2.24, 2.45) is 0 Å². The Morgan fingerprint density at radius 2 is 2.11 bits per heavy atom. The van der Waals surface area contributed by atoms with Crippen molar-refractivity contribution in [2.75, 3.05) is 11.8 Å². The van der Waals surface area contributed by atoms with E-state index in [2.05, 4.69) is 26.5 Å². The standard InChI is InChI=1S/C18H13N3O5S2/c1-26-15-9-13(18(22)23)5-6-14(15)21-28(24,25)17-11-27-16(20-17)7-4-12-3-2-8-19-10-12/h2-3,5-6,8-11,21H,1H3,(H,22,23). The normalized spacial score (nSPS) is 10.6. The number of thiazole rings is 1. The van der Waals surface area contributed by atoms with Crippen molar-refractivity contribution < 1.29 is 23.1 Å². The maximum atomic E-state index is 12.6. The SMILES string of the molecule is COc1cc(C(=O)O)ccc1NS(=O)(=O)c1csc(C#Cc2cccnc2)n1. The van der Waals surface area contributed by atoms with Gasteiger partial charge in [-0.2, -0.15) is 8.42 Å². The number of pyridine rings is 1. The Balaban J connectivity index is 1.84. The van der Waals surface area contributed by atoms with E-state index in [1.165, 1.54) is 30.7 Å². The molecular weight excluding hydrogens is 402 g/mol. The summed E-state index contributed by atoms with van der Waals surface area (Å²) >= 11 is 1.09. The van der Waals surface area contributed by atoms with Crippen molar-refractivity contribution >= 4 is 33.0 Å². The number of anilines is 1. The molecule has 0 saturated heterocycles. The van der Waals surface area contributed by atoms with Gasteiger partial charge in [-0.15, -0.1) is 11.3 Å². The Bertz CT molecular complexity index is 1180. The van der Waals surface area contributed by atoms with Crippen LogP contribution in [0.1, 0.15) is 20.9 Å². The first kappa shape index (κ1) is 19.3. The number of rotatable bonds is 5. The molecule has 0 amide bonds. The zero-order chi connectivity index (χ0) is 20.1. The lowest BCUT2D eigenvalue weighted by Crippen LogP contribution is -2.14. The molecule has 2 heterocycles. The fourth-order valence-corrected chi connectivity index (χ4v) is 4.12. The van der Waals surface area contributed by atoms with E-state index >= 15 is 0 Å². The number of nitrogens with one attached hydrogen (secondary N) is 1. The molecule has 10 heteroatoms. The Hall–Kier alpha value is -3.42. The lowest BCUT2D eigenvalue weighted by molar-refractivity contribution is 0.0696. The Morgan fingerprint density at radius 3 is 2.79 bits per heavy atom. The molecule has 0 aliphatic heterocycles. The molecule has 0 aliphatic rings. The van der Waals surface area contributed by atoms with Crippen LogP contribution in [0.2, 0.25) is 0 Å².